The van der Waals surface area contributed by atoms with Crippen molar-refractivity contribution in [1.82, 2.24) is 25.1 Å². The van der Waals surface area contributed by atoms with Crippen LogP contribution in [0.1, 0.15) is 111 Å². The molecule has 2 aliphatic heterocycles. The highest BCUT2D eigenvalue weighted by atomic mass is 16.2. The highest BCUT2D eigenvalue weighted by molar-refractivity contribution is 6.05. The molecule has 5 rings (SSSR count). The first-order chi connectivity index (χ1) is 24.7. The lowest BCUT2D eigenvalue weighted by molar-refractivity contribution is -0.125. The molecule has 2 saturated heterocycles. The van der Waals surface area contributed by atoms with Gasteiger partial charge in [0.1, 0.15) is 18.1 Å². The topological polar surface area (TPSA) is 148 Å². The minimum atomic E-state index is -0.824. The first kappa shape index (κ1) is 39.2. The Morgan fingerprint density at radius 1 is 1.08 bits per heavy atom. The van der Waals surface area contributed by atoms with Gasteiger partial charge in [-0.2, -0.15) is 0 Å². The average Bonchev–Trinajstić information content (AvgIpc) is 3.79. The summed E-state index contributed by atoms with van der Waals surface area (Å²) in [6.45, 7) is 6.61. The summed E-state index contributed by atoms with van der Waals surface area (Å²) in [4.78, 5) is 75.7. The standard InChI is InChI=1S/C37H49N7O5.C2H6/c1-38-36(48)33(13-8-20-45)43(3)37(49)27-10-6-11-31(28(27)24-46)44-18-15-25(16-19-44)9-4-5-14-35(47)41-34-22-29-26(23-39-34)21-30(40-29)32-12-7-17-42(32)2;1-2/h6,10-11,20-25,32-33,40H,4-5,7-9,12-19H2,1-3H3,(H,38,48)(H,39,41,47);1-2H3. The zero-order chi connectivity index (χ0) is 36.9. The van der Waals surface area contributed by atoms with Crippen LogP contribution < -0.4 is 15.5 Å². The number of piperidine rings is 1. The molecule has 1 aromatic carbocycles. The van der Waals surface area contributed by atoms with E-state index in [1.54, 1.807) is 12.1 Å². The number of aromatic amines is 1. The zero-order valence-corrected chi connectivity index (χ0v) is 30.9. The number of rotatable bonds is 15. The lowest BCUT2D eigenvalue weighted by Crippen LogP contribution is -2.47. The number of amides is 3. The quantitative estimate of drug-likeness (QED) is 0.134. The monoisotopic (exact) mass is 701 g/mol. The number of H-pyrrole nitrogens is 1. The number of aromatic nitrogens is 2. The van der Waals surface area contributed by atoms with Crippen molar-refractivity contribution in [3.8, 4) is 0 Å². The Kier molecular flexibility index (Phi) is 14.7. The molecule has 12 nitrogen and oxygen atoms in total. The maximum absolute atomic E-state index is 13.5. The number of fused-ring (bicyclic) bond motifs is 1. The van der Waals surface area contributed by atoms with Gasteiger partial charge in [0.05, 0.1) is 16.6 Å². The summed E-state index contributed by atoms with van der Waals surface area (Å²) in [5.74, 6) is 0.248. The third-order valence-electron chi connectivity index (χ3n) is 10.2. The molecule has 0 saturated carbocycles. The largest absolute Gasteiger partial charge is 0.371 e. The van der Waals surface area contributed by atoms with E-state index in [4.69, 9.17) is 0 Å². The van der Waals surface area contributed by atoms with E-state index < -0.39 is 11.9 Å². The van der Waals surface area contributed by atoms with Crippen molar-refractivity contribution in [2.24, 2.45) is 5.92 Å². The molecule has 0 radical (unpaired) electrons. The van der Waals surface area contributed by atoms with Crippen LogP contribution in [-0.4, -0.2) is 96.9 Å². The van der Waals surface area contributed by atoms with E-state index in [-0.39, 0.29) is 30.2 Å². The summed E-state index contributed by atoms with van der Waals surface area (Å²) in [5, 5.41) is 6.56. The highest BCUT2D eigenvalue weighted by Crippen LogP contribution is 2.33. The molecule has 4 heterocycles. The molecule has 0 spiro atoms. The predicted molar refractivity (Wildman–Crippen MR) is 201 cm³/mol. The van der Waals surface area contributed by atoms with Crippen LogP contribution in [0.15, 0.2) is 36.5 Å². The average molecular weight is 702 g/mol. The molecule has 2 atom stereocenters. The van der Waals surface area contributed by atoms with Crippen LogP contribution >= 0.6 is 0 Å². The number of carbonyl (C=O) groups is 5. The van der Waals surface area contributed by atoms with Crippen molar-refractivity contribution in [1.29, 1.82) is 0 Å². The van der Waals surface area contributed by atoms with Gasteiger partial charge in [0.2, 0.25) is 11.8 Å². The van der Waals surface area contributed by atoms with Gasteiger partial charge >= 0.3 is 0 Å². The molecular formula is C39H55N7O5. The Hall–Kier alpha value is -4.58. The normalized spacial score (nSPS) is 17.0. The van der Waals surface area contributed by atoms with Crippen molar-refractivity contribution in [2.75, 3.05) is 51.0 Å². The third kappa shape index (κ3) is 9.81. The van der Waals surface area contributed by atoms with Crippen LogP contribution in [-0.2, 0) is 14.4 Å². The SMILES string of the molecule is CC.CNC(=O)C(CCC=O)N(C)C(=O)c1cccc(N2CCC(CCCCC(=O)Nc3cc4[nH]c(C5CCCN5C)cc4cn3)CC2)c1C=O. The Balaban J connectivity index is 0.00000286. The van der Waals surface area contributed by atoms with Crippen molar-refractivity contribution >= 4 is 52.7 Å². The summed E-state index contributed by atoms with van der Waals surface area (Å²) >= 11 is 0. The van der Waals surface area contributed by atoms with E-state index in [2.05, 4.69) is 43.5 Å². The Labute approximate surface area is 301 Å². The van der Waals surface area contributed by atoms with Crippen LogP contribution in [0.25, 0.3) is 10.9 Å². The number of hydrogen-bond acceptors (Lipinski definition) is 8. The van der Waals surface area contributed by atoms with Crippen molar-refractivity contribution in [2.45, 2.75) is 90.1 Å². The maximum atomic E-state index is 13.5. The number of nitrogens with one attached hydrogen (secondary N) is 3. The first-order valence-corrected chi connectivity index (χ1v) is 18.5. The lowest BCUT2D eigenvalue weighted by atomic mass is 9.90. The second-order valence-corrected chi connectivity index (χ2v) is 13.4. The molecule has 0 bridgehead atoms. The number of pyridine rings is 1. The molecule has 0 aliphatic carbocycles. The molecule has 3 aromatic rings. The molecule has 2 aliphatic rings. The number of likely N-dealkylation sites (tertiary alicyclic amines) is 1. The van der Waals surface area contributed by atoms with Gasteiger partial charge in [-0.1, -0.05) is 32.8 Å². The van der Waals surface area contributed by atoms with Gasteiger partial charge in [-0.25, -0.2) is 4.98 Å². The number of unbranched alkanes of at least 4 members (excludes halogenated alkanes) is 1. The number of aldehydes is 2. The van der Waals surface area contributed by atoms with Gasteiger partial charge < -0.3 is 30.2 Å². The summed E-state index contributed by atoms with van der Waals surface area (Å²) in [5.41, 5.74) is 3.44. The van der Waals surface area contributed by atoms with Gasteiger partial charge in [0, 0.05) is 75.1 Å². The molecule has 3 N–H and O–H groups in total. The van der Waals surface area contributed by atoms with Crippen molar-refractivity contribution < 1.29 is 24.0 Å². The predicted octanol–water partition coefficient (Wildman–Crippen LogP) is 5.75. The molecule has 12 heteroatoms. The van der Waals surface area contributed by atoms with E-state index in [1.807, 2.05) is 32.2 Å². The zero-order valence-electron chi connectivity index (χ0n) is 30.9. The fourth-order valence-corrected chi connectivity index (χ4v) is 7.35. The summed E-state index contributed by atoms with van der Waals surface area (Å²) in [6.07, 6.45) is 11.0. The smallest absolute Gasteiger partial charge is 0.255 e. The Morgan fingerprint density at radius 3 is 2.51 bits per heavy atom. The van der Waals surface area contributed by atoms with Gasteiger partial charge in [0.25, 0.3) is 5.91 Å². The third-order valence-corrected chi connectivity index (χ3v) is 10.2. The summed E-state index contributed by atoms with van der Waals surface area (Å²) in [7, 11) is 5.16. The second-order valence-electron chi connectivity index (χ2n) is 13.4. The van der Waals surface area contributed by atoms with Crippen LogP contribution in [0.5, 0.6) is 0 Å². The van der Waals surface area contributed by atoms with E-state index in [0.717, 1.165) is 75.3 Å². The summed E-state index contributed by atoms with van der Waals surface area (Å²) < 4.78 is 0. The van der Waals surface area contributed by atoms with E-state index in [9.17, 15) is 24.0 Å². The number of hydrogen-bond donors (Lipinski definition) is 3. The molecule has 3 amide bonds. The van der Waals surface area contributed by atoms with Crippen molar-refractivity contribution in [3.05, 3.63) is 53.3 Å². The number of anilines is 2. The van der Waals surface area contributed by atoms with E-state index in [0.29, 0.717) is 41.7 Å². The van der Waals surface area contributed by atoms with Crippen LogP contribution in [0.4, 0.5) is 11.5 Å². The molecule has 2 unspecified atom stereocenters. The molecule has 51 heavy (non-hydrogen) atoms. The summed E-state index contributed by atoms with van der Waals surface area (Å²) in [6, 6.07) is 8.88. The number of likely N-dealkylation sites (N-methyl/N-ethyl adjacent to an activating group) is 2. The number of benzene rings is 1. The van der Waals surface area contributed by atoms with Crippen molar-refractivity contribution in [3.63, 3.8) is 0 Å². The van der Waals surface area contributed by atoms with E-state index in [1.165, 1.54) is 31.1 Å². The highest BCUT2D eigenvalue weighted by Gasteiger charge is 2.30. The van der Waals surface area contributed by atoms with Gasteiger partial charge in [0.15, 0.2) is 6.29 Å². The minimum Gasteiger partial charge on any atom is -0.371 e. The molecular weight excluding hydrogens is 646 g/mol. The van der Waals surface area contributed by atoms with E-state index >= 15 is 0 Å². The lowest BCUT2D eigenvalue weighted by Gasteiger charge is -2.35. The van der Waals surface area contributed by atoms with Crippen LogP contribution in [0.3, 0.4) is 0 Å². The Bertz CT molecular complexity index is 1650. The fraction of sp³-hybridized carbons (Fsp3) is 0.538. The second kappa shape index (κ2) is 19.1. The van der Waals surface area contributed by atoms with Crippen LogP contribution in [0.2, 0.25) is 0 Å². The minimum absolute atomic E-state index is 0.0316. The molecule has 2 fully saturated rings. The van der Waals surface area contributed by atoms with Gasteiger partial charge in [-0.15, -0.1) is 0 Å². The number of carbonyl (C=O) groups excluding carboxylic acids is 5. The van der Waals surface area contributed by atoms with Crippen LogP contribution in [0, 0.1) is 5.92 Å². The van der Waals surface area contributed by atoms with Gasteiger partial charge in [-0.3, -0.25) is 24.1 Å². The fourth-order valence-electron chi connectivity index (χ4n) is 7.35. The molecule has 276 valence electrons. The van der Waals surface area contributed by atoms with Gasteiger partial charge in [-0.05, 0) is 76.2 Å². The Morgan fingerprint density at radius 2 is 1.84 bits per heavy atom. The first-order valence-electron chi connectivity index (χ1n) is 18.5. The molecule has 2 aromatic heterocycles. The number of nitrogens with zero attached hydrogens (tertiary/aromatic N) is 4. The maximum Gasteiger partial charge on any atom is 0.255 e.